The van der Waals surface area contributed by atoms with Crippen molar-refractivity contribution in [1.29, 1.82) is 0 Å². The Morgan fingerprint density at radius 2 is 1.79 bits per heavy atom. The second-order valence-electron chi connectivity index (χ2n) is 5.22. The van der Waals surface area contributed by atoms with Gasteiger partial charge < -0.3 is 5.73 Å². The SMILES string of the molecule is Nc1cc(C2CCCCC2)nn1-c1ccc(Cl)cc1. The molecule has 3 rings (SSSR count). The number of hydrogen-bond donors (Lipinski definition) is 1. The molecule has 0 bridgehead atoms. The summed E-state index contributed by atoms with van der Waals surface area (Å²) in [5.74, 6) is 1.27. The molecule has 0 saturated heterocycles. The zero-order valence-electron chi connectivity index (χ0n) is 10.8. The molecular formula is C15H18ClN3. The van der Waals surface area contributed by atoms with E-state index in [0.29, 0.717) is 11.7 Å². The van der Waals surface area contributed by atoms with Gasteiger partial charge in [-0.25, -0.2) is 4.68 Å². The van der Waals surface area contributed by atoms with Crippen molar-refractivity contribution >= 4 is 17.4 Å². The van der Waals surface area contributed by atoms with Crippen LogP contribution < -0.4 is 5.73 Å². The third kappa shape index (κ3) is 2.61. The van der Waals surface area contributed by atoms with Gasteiger partial charge in [-0.05, 0) is 37.1 Å². The third-order valence-corrected chi connectivity index (χ3v) is 4.10. The summed E-state index contributed by atoms with van der Waals surface area (Å²) in [5, 5.41) is 5.41. The maximum absolute atomic E-state index is 6.09. The summed E-state index contributed by atoms with van der Waals surface area (Å²) in [4.78, 5) is 0. The number of aromatic nitrogens is 2. The fourth-order valence-electron chi connectivity index (χ4n) is 2.80. The van der Waals surface area contributed by atoms with Gasteiger partial charge in [0.25, 0.3) is 0 Å². The van der Waals surface area contributed by atoms with Crippen molar-refractivity contribution in [2.45, 2.75) is 38.0 Å². The fraction of sp³-hybridized carbons (Fsp3) is 0.400. The number of halogens is 1. The van der Waals surface area contributed by atoms with Crippen LogP contribution in [0.4, 0.5) is 5.82 Å². The predicted molar refractivity (Wildman–Crippen MR) is 78.8 cm³/mol. The van der Waals surface area contributed by atoms with E-state index in [2.05, 4.69) is 5.10 Å². The molecule has 4 heteroatoms. The highest BCUT2D eigenvalue weighted by Crippen LogP contribution is 2.33. The maximum atomic E-state index is 6.09. The highest BCUT2D eigenvalue weighted by molar-refractivity contribution is 6.30. The molecule has 1 heterocycles. The lowest BCUT2D eigenvalue weighted by molar-refractivity contribution is 0.435. The number of nitrogens with two attached hydrogens (primary N) is 1. The summed E-state index contributed by atoms with van der Waals surface area (Å²) in [6.07, 6.45) is 6.43. The monoisotopic (exact) mass is 275 g/mol. The molecule has 1 saturated carbocycles. The Morgan fingerprint density at radius 1 is 1.11 bits per heavy atom. The minimum atomic E-state index is 0.574. The Bertz CT molecular complexity index is 553. The molecule has 0 atom stereocenters. The number of rotatable bonds is 2. The highest BCUT2D eigenvalue weighted by Gasteiger charge is 2.19. The van der Waals surface area contributed by atoms with Crippen LogP contribution in [0, 0.1) is 0 Å². The third-order valence-electron chi connectivity index (χ3n) is 3.85. The van der Waals surface area contributed by atoms with E-state index in [1.807, 2.05) is 30.3 Å². The van der Waals surface area contributed by atoms with Crippen LogP contribution in [-0.4, -0.2) is 9.78 Å². The Balaban J connectivity index is 1.90. The van der Waals surface area contributed by atoms with Crippen molar-refractivity contribution in [1.82, 2.24) is 9.78 Å². The second kappa shape index (κ2) is 5.25. The van der Waals surface area contributed by atoms with E-state index in [1.165, 1.54) is 32.1 Å². The van der Waals surface area contributed by atoms with Crippen molar-refractivity contribution in [3.05, 3.63) is 41.0 Å². The van der Waals surface area contributed by atoms with Crippen molar-refractivity contribution in [3.63, 3.8) is 0 Å². The topological polar surface area (TPSA) is 43.8 Å². The van der Waals surface area contributed by atoms with Crippen LogP contribution in [0.25, 0.3) is 5.69 Å². The molecule has 0 spiro atoms. The number of nitrogen functional groups attached to an aromatic ring is 1. The molecule has 0 aliphatic heterocycles. The quantitative estimate of drug-likeness (QED) is 0.894. The molecule has 2 N–H and O–H groups in total. The highest BCUT2D eigenvalue weighted by atomic mass is 35.5. The molecule has 0 unspecified atom stereocenters. The first-order chi connectivity index (χ1) is 9.24. The van der Waals surface area contributed by atoms with Crippen LogP contribution in [0.2, 0.25) is 5.02 Å². The lowest BCUT2D eigenvalue weighted by Crippen LogP contribution is -2.06. The van der Waals surface area contributed by atoms with Gasteiger partial charge in [-0.15, -0.1) is 0 Å². The van der Waals surface area contributed by atoms with Gasteiger partial charge in [0.15, 0.2) is 0 Å². The molecule has 1 aliphatic carbocycles. The first kappa shape index (κ1) is 12.5. The summed E-state index contributed by atoms with van der Waals surface area (Å²) >= 11 is 5.90. The summed E-state index contributed by atoms with van der Waals surface area (Å²) in [6, 6.07) is 9.62. The predicted octanol–water partition coefficient (Wildman–Crippen LogP) is 4.16. The normalized spacial score (nSPS) is 16.7. The van der Waals surface area contributed by atoms with E-state index >= 15 is 0 Å². The Kier molecular flexibility index (Phi) is 3.47. The molecule has 3 nitrogen and oxygen atoms in total. The van der Waals surface area contributed by atoms with Gasteiger partial charge in [0.05, 0.1) is 11.4 Å². The van der Waals surface area contributed by atoms with E-state index in [4.69, 9.17) is 17.3 Å². The van der Waals surface area contributed by atoms with Gasteiger partial charge >= 0.3 is 0 Å². The van der Waals surface area contributed by atoms with E-state index < -0.39 is 0 Å². The van der Waals surface area contributed by atoms with E-state index in [9.17, 15) is 0 Å². The first-order valence-electron chi connectivity index (χ1n) is 6.85. The smallest absolute Gasteiger partial charge is 0.127 e. The van der Waals surface area contributed by atoms with Crippen molar-refractivity contribution in [3.8, 4) is 5.69 Å². The van der Waals surface area contributed by atoms with Crippen molar-refractivity contribution in [2.24, 2.45) is 0 Å². The van der Waals surface area contributed by atoms with Crippen LogP contribution in [0.1, 0.15) is 43.7 Å². The van der Waals surface area contributed by atoms with Crippen LogP contribution in [0.5, 0.6) is 0 Å². The lowest BCUT2D eigenvalue weighted by Gasteiger charge is -2.19. The molecule has 2 aromatic rings. The summed E-state index contributed by atoms with van der Waals surface area (Å²) in [6.45, 7) is 0. The van der Waals surface area contributed by atoms with Gasteiger partial charge in [-0.1, -0.05) is 30.9 Å². The maximum Gasteiger partial charge on any atom is 0.127 e. The fourth-order valence-corrected chi connectivity index (χ4v) is 2.93. The average Bonchev–Trinajstić information content (AvgIpc) is 2.83. The lowest BCUT2D eigenvalue weighted by atomic mass is 9.87. The number of hydrogen-bond acceptors (Lipinski definition) is 2. The zero-order valence-corrected chi connectivity index (χ0v) is 11.6. The number of nitrogens with zero attached hydrogens (tertiary/aromatic N) is 2. The summed E-state index contributed by atoms with van der Waals surface area (Å²) in [5.41, 5.74) is 8.18. The largest absolute Gasteiger partial charge is 0.384 e. The Hall–Kier alpha value is -1.48. The van der Waals surface area contributed by atoms with Gasteiger partial charge in [-0.2, -0.15) is 5.10 Å². The van der Waals surface area contributed by atoms with Gasteiger partial charge in [0, 0.05) is 17.0 Å². The minimum absolute atomic E-state index is 0.574. The molecule has 0 radical (unpaired) electrons. The van der Waals surface area contributed by atoms with Gasteiger partial charge in [-0.3, -0.25) is 0 Å². The molecular weight excluding hydrogens is 258 g/mol. The summed E-state index contributed by atoms with van der Waals surface area (Å²) < 4.78 is 1.81. The van der Waals surface area contributed by atoms with Crippen LogP contribution >= 0.6 is 11.6 Å². The number of anilines is 1. The molecule has 1 aliphatic rings. The first-order valence-corrected chi connectivity index (χ1v) is 7.23. The minimum Gasteiger partial charge on any atom is -0.384 e. The van der Waals surface area contributed by atoms with Gasteiger partial charge in [0.1, 0.15) is 5.82 Å². The summed E-state index contributed by atoms with van der Waals surface area (Å²) in [7, 11) is 0. The van der Waals surface area contributed by atoms with Gasteiger partial charge in [0.2, 0.25) is 0 Å². The van der Waals surface area contributed by atoms with Crippen LogP contribution in [-0.2, 0) is 0 Å². The molecule has 1 aromatic carbocycles. The molecule has 1 fully saturated rings. The molecule has 19 heavy (non-hydrogen) atoms. The Morgan fingerprint density at radius 3 is 2.47 bits per heavy atom. The van der Waals surface area contributed by atoms with Crippen LogP contribution in [0.3, 0.4) is 0 Å². The standard InChI is InChI=1S/C15H18ClN3/c16-12-6-8-13(9-7-12)19-15(17)10-14(18-19)11-4-2-1-3-5-11/h6-11H,1-5,17H2. The molecule has 100 valence electrons. The van der Waals surface area contributed by atoms with E-state index in [-0.39, 0.29) is 0 Å². The van der Waals surface area contributed by atoms with E-state index in [0.717, 1.165) is 16.4 Å². The Labute approximate surface area is 118 Å². The van der Waals surface area contributed by atoms with Crippen LogP contribution in [0.15, 0.2) is 30.3 Å². The second-order valence-corrected chi connectivity index (χ2v) is 5.65. The van der Waals surface area contributed by atoms with E-state index in [1.54, 1.807) is 4.68 Å². The molecule has 1 aromatic heterocycles. The van der Waals surface area contributed by atoms with Crippen molar-refractivity contribution < 1.29 is 0 Å². The molecule has 0 amide bonds. The zero-order chi connectivity index (χ0) is 13.2. The number of benzene rings is 1. The van der Waals surface area contributed by atoms with Crippen molar-refractivity contribution in [2.75, 3.05) is 5.73 Å². The average molecular weight is 276 g/mol.